The van der Waals surface area contributed by atoms with Crippen molar-refractivity contribution in [2.75, 3.05) is 19.0 Å². The molecular formula is C15H18F3N5O2S. The molecule has 0 aliphatic heterocycles. The van der Waals surface area contributed by atoms with Crippen molar-refractivity contribution in [2.24, 2.45) is 0 Å². The van der Waals surface area contributed by atoms with Gasteiger partial charge in [0.05, 0.1) is 11.9 Å². The van der Waals surface area contributed by atoms with Crippen molar-refractivity contribution in [3.63, 3.8) is 0 Å². The van der Waals surface area contributed by atoms with E-state index >= 15 is 0 Å². The zero-order valence-corrected chi connectivity index (χ0v) is 14.9. The maximum atomic E-state index is 12.2. The number of nitrogens with zero attached hydrogens (tertiary/aromatic N) is 3. The summed E-state index contributed by atoms with van der Waals surface area (Å²) >= 11 is 0.916. The van der Waals surface area contributed by atoms with E-state index in [4.69, 9.17) is 10.6 Å². The average molecular weight is 389 g/mol. The molecule has 0 spiro atoms. The molecule has 0 bridgehead atoms. The van der Waals surface area contributed by atoms with Crippen LogP contribution in [-0.4, -0.2) is 45.4 Å². The van der Waals surface area contributed by atoms with Gasteiger partial charge in [0.25, 0.3) is 0 Å². The van der Waals surface area contributed by atoms with Gasteiger partial charge in [0.2, 0.25) is 11.1 Å². The summed E-state index contributed by atoms with van der Waals surface area (Å²) in [5.74, 6) is 6.24. The van der Waals surface area contributed by atoms with Gasteiger partial charge in [0, 0.05) is 5.56 Å². The molecule has 1 heterocycles. The first-order valence-electron chi connectivity index (χ1n) is 7.66. The number of carbonyl (C=O) groups is 1. The van der Waals surface area contributed by atoms with Crippen molar-refractivity contribution < 1.29 is 22.7 Å². The Morgan fingerprint density at radius 2 is 2.00 bits per heavy atom. The molecule has 11 heteroatoms. The number of thioether (sulfide) groups is 1. The first-order valence-corrected chi connectivity index (χ1v) is 8.54. The maximum Gasteiger partial charge on any atom is 0.405 e. The molecule has 1 aromatic heterocycles. The zero-order chi connectivity index (χ0) is 19.3. The van der Waals surface area contributed by atoms with E-state index in [1.807, 2.05) is 12.2 Å². The molecular weight excluding hydrogens is 371 g/mol. The number of carbonyl (C=O) groups excluding carboxylic acids is 1. The fraction of sp³-hybridized carbons (Fsp3) is 0.400. The van der Waals surface area contributed by atoms with Crippen molar-refractivity contribution >= 4 is 17.7 Å². The molecule has 1 unspecified atom stereocenters. The number of nitrogens with one attached hydrogen (secondary N) is 1. The molecule has 0 saturated carbocycles. The number of rotatable bonds is 7. The highest BCUT2D eigenvalue weighted by Crippen LogP contribution is 2.26. The summed E-state index contributed by atoms with van der Waals surface area (Å²) in [6, 6.07) is 7.03. The van der Waals surface area contributed by atoms with Crippen molar-refractivity contribution in [2.45, 2.75) is 30.4 Å². The third-order valence-electron chi connectivity index (χ3n) is 3.20. The predicted octanol–water partition coefficient (Wildman–Crippen LogP) is 2.22. The lowest BCUT2D eigenvalue weighted by atomic mass is 10.2. The van der Waals surface area contributed by atoms with Gasteiger partial charge >= 0.3 is 6.18 Å². The number of alkyl halides is 3. The summed E-state index contributed by atoms with van der Waals surface area (Å²) in [6.45, 7) is 2.49. The second kappa shape index (κ2) is 8.30. The predicted molar refractivity (Wildman–Crippen MR) is 91.2 cm³/mol. The molecule has 0 fully saturated rings. The quantitative estimate of drug-likeness (QED) is 0.557. The van der Waals surface area contributed by atoms with E-state index in [1.54, 1.807) is 24.3 Å². The summed E-state index contributed by atoms with van der Waals surface area (Å²) in [6.07, 6.45) is -4.46. The highest BCUT2D eigenvalue weighted by Gasteiger charge is 2.29. The molecule has 7 nitrogen and oxygen atoms in total. The third-order valence-corrected chi connectivity index (χ3v) is 4.26. The zero-order valence-electron chi connectivity index (χ0n) is 14.1. The SMILES string of the molecule is CCOc1ccc(-c2nnc(SC(C)C(=O)NCC(F)(F)F)n2N)cc1. The van der Waals surface area contributed by atoms with Gasteiger partial charge in [0.15, 0.2) is 5.82 Å². The Kier molecular flexibility index (Phi) is 6.35. The number of aromatic nitrogens is 3. The number of nitrogens with two attached hydrogens (primary N) is 1. The van der Waals surface area contributed by atoms with Gasteiger partial charge in [-0.05, 0) is 38.1 Å². The molecule has 2 rings (SSSR count). The number of nitrogen functional groups attached to an aromatic ring is 1. The van der Waals surface area contributed by atoms with E-state index in [0.29, 0.717) is 23.7 Å². The Hall–Kier alpha value is -2.43. The molecule has 1 amide bonds. The molecule has 0 radical (unpaired) electrons. The van der Waals surface area contributed by atoms with E-state index in [1.165, 1.54) is 11.6 Å². The molecule has 26 heavy (non-hydrogen) atoms. The summed E-state index contributed by atoms with van der Waals surface area (Å²) < 4.78 is 43.0. The smallest absolute Gasteiger partial charge is 0.405 e. The van der Waals surface area contributed by atoms with E-state index in [0.717, 1.165) is 11.8 Å². The van der Waals surface area contributed by atoms with Gasteiger partial charge in [-0.15, -0.1) is 10.2 Å². The van der Waals surface area contributed by atoms with Crippen LogP contribution in [0.1, 0.15) is 13.8 Å². The first-order chi connectivity index (χ1) is 12.2. The van der Waals surface area contributed by atoms with Crippen LogP contribution in [0.25, 0.3) is 11.4 Å². The fourth-order valence-electron chi connectivity index (χ4n) is 1.96. The van der Waals surface area contributed by atoms with Crippen molar-refractivity contribution in [3.8, 4) is 17.1 Å². The van der Waals surface area contributed by atoms with E-state index in [9.17, 15) is 18.0 Å². The van der Waals surface area contributed by atoms with Crippen LogP contribution in [0.2, 0.25) is 0 Å². The lowest BCUT2D eigenvalue weighted by molar-refractivity contribution is -0.137. The molecule has 2 aromatic rings. The number of halogens is 3. The van der Waals surface area contributed by atoms with Gasteiger partial charge in [-0.3, -0.25) is 4.79 Å². The number of benzene rings is 1. The van der Waals surface area contributed by atoms with Gasteiger partial charge in [-0.2, -0.15) is 13.2 Å². The summed E-state index contributed by atoms with van der Waals surface area (Å²) in [5, 5.41) is 9.08. The van der Waals surface area contributed by atoms with Crippen LogP contribution in [0.15, 0.2) is 29.4 Å². The van der Waals surface area contributed by atoms with Crippen LogP contribution in [0.3, 0.4) is 0 Å². The molecule has 1 aromatic carbocycles. The van der Waals surface area contributed by atoms with Crippen LogP contribution in [0.4, 0.5) is 13.2 Å². The monoisotopic (exact) mass is 389 g/mol. The second-order valence-corrected chi connectivity index (χ2v) is 6.53. The third kappa shape index (κ3) is 5.28. The fourth-order valence-corrected chi connectivity index (χ4v) is 2.76. The lowest BCUT2D eigenvalue weighted by Gasteiger charge is -2.12. The number of ether oxygens (including phenoxy) is 1. The van der Waals surface area contributed by atoms with E-state index < -0.39 is 23.9 Å². The highest BCUT2D eigenvalue weighted by molar-refractivity contribution is 8.00. The Bertz CT molecular complexity index is 749. The largest absolute Gasteiger partial charge is 0.494 e. The van der Waals surface area contributed by atoms with Gasteiger partial charge < -0.3 is 15.9 Å². The molecule has 0 saturated heterocycles. The Morgan fingerprint density at radius 1 is 1.35 bits per heavy atom. The van der Waals surface area contributed by atoms with Crippen LogP contribution in [-0.2, 0) is 4.79 Å². The number of hydrogen-bond donors (Lipinski definition) is 2. The van der Waals surface area contributed by atoms with Crippen LogP contribution in [0.5, 0.6) is 5.75 Å². The van der Waals surface area contributed by atoms with Crippen molar-refractivity contribution in [1.29, 1.82) is 0 Å². The summed E-state index contributed by atoms with van der Waals surface area (Å²) in [5.41, 5.74) is 0.685. The van der Waals surface area contributed by atoms with Crippen LogP contribution in [0, 0.1) is 0 Å². The minimum Gasteiger partial charge on any atom is -0.494 e. The minimum atomic E-state index is -4.46. The van der Waals surface area contributed by atoms with Crippen LogP contribution < -0.4 is 15.9 Å². The van der Waals surface area contributed by atoms with Gasteiger partial charge in [-0.25, -0.2) is 4.68 Å². The molecule has 0 aliphatic carbocycles. The Labute approximate surface area is 152 Å². The maximum absolute atomic E-state index is 12.2. The Morgan fingerprint density at radius 3 is 2.58 bits per heavy atom. The number of amides is 1. The average Bonchev–Trinajstić information content (AvgIpc) is 2.94. The molecule has 3 N–H and O–H groups in total. The minimum absolute atomic E-state index is 0.212. The Balaban J connectivity index is 2.05. The standard InChI is InChI=1S/C15H18F3N5O2S/c1-3-25-11-6-4-10(5-7-11)12-21-22-14(23(12)19)26-9(2)13(24)20-8-15(16,17)18/h4-7,9H,3,8,19H2,1-2H3,(H,20,24). The van der Waals surface area contributed by atoms with Gasteiger partial charge in [-0.1, -0.05) is 11.8 Å². The second-order valence-electron chi connectivity index (χ2n) is 5.23. The molecule has 0 aliphatic rings. The number of hydrogen-bond acceptors (Lipinski definition) is 6. The topological polar surface area (TPSA) is 95.1 Å². The summed E-state index contributed by atoms with van der Waals surface area (Å²) in [7, 11) is 0. The van der Waals surface area contributed by atoms with Gasteiger partial charge in [0.1, 0.15) is 12.3 Å². The lowest BCUT2D eigenvalue weighted by Crippen LogP contribution is -2.38. The van der Waals surface area contributed by atoms with Crippen LogP contribution >= 0.6 is 11.8 Å². The molecule has 1 atom stereocenters. The highest BCUT2D eigenvalue weighted by atomic mass is 32.2. The summed E-state index contributed by atoms with van der Waals surface area (Å²) in [4.78, 5) is 11.7. The normalized spacial score (nSPS) is 12.7. The van der Waals surface area contributed by atoms with E-state index in [-0.39, 0.29) is 5.16 Å². The van der Waals surface area contributed by atoms with Crippen molar-refractivity contribution in [3.05, 3.63) is 24.3 Å². The molecule has 142 valence electrons. The van der Waals surface area contributed by atoms with Crippen molar-refractivity contribution in [1.82, 2.24) is 20.2 Å². The van der Waals surface area contributed by atoms with E-state index in [2.05, 4.69) is 10.2 Å². The first kappa shape index (κ1) is 19.9.